The average molecular weight is 138 g/mol. The molecule has 0 atom stereocenters. The van der Waals surface area contributed by atoms with E-state index in [1.54, 1.807) is 7.11 Å². The van der Waals surface area contributed by atoms with Crippen molar-refractivity contribution in [3.8, 4) is 0 Å². The SMILES string of the molecule is C[CH-]CCCOCOC.[Li+]. The summed E-state index contributed by atoms with van der Waals surface area (Å²) < 4.78 is 9.73. The summed E-state index contributed by atoms with van der Waals surface area (Å²) in [5.74, 6) is 0. The van der Waals surface area contributed by atoms with Crippen LogP contribution in [0.4, 0.5) is 0 Å². The molecular weight excluding hydrogens is 123 g/mol. The smallest absolute Gasteiger partial charge is 0.359 e. The van der Waals surface area contributed by atoms with Crippen molar-refractivity contribution in [3.63, 3.8) is 0 Å². The van der Waals surface area contributed by atoms with Gasteiger partial charge in [-0.25, -0.2) is 0 Å². The monoisotopic (exact) mass is 138 g/mol. The Morgan fingerprint density at radius 3 is 2.60 bits per heavy atom. The van der Waals surface area contributed by atoms with Gasteiger partial charge < -0.3 is 15.9 Å². The van der Waals surface area contributed by atoms with Gasteiger partial charge in [-0.05, 0) is 0 Å². The predicted octanol–water partition coefficient (Wildman–Crippen LogP) is -1.38. The van der Waals surface area contributed by atoms with Gasteiger partial charge >= 0.3 is 18.9 Å². The molecule has 0 aliphatic carbocycles. The molecule has 0 aliphatic rings. The van der Waals surface area contributed by atoms with Gasteiger partial charge in [-0.1, -0.05) is 6.42 Å². The van der Waals surface area contributed by atoms with Crippen LogP contribution in [0.15, 0.2) is 0 Å². The summed E-state index contributed by atoms with van der Waals surface area (Å²) >= 11 is 0. The minimum absolute atomic E-state index is 0. The molecule has 0 radical (unpaired) electrons. The van der Waals surface area contributed by atoms with E-state index in [0.717, 1.165) is 19.4 Å². The van der Waals surface area contributed by atoms with Gasteiger partial charge in [-0.3, -0.25) is 0 Å². The van der Waals surface area contributed by atoms with Crippen molar-refractivity contribution in [2.45, 2.75) is 19.8 Å². The van der Waals surface area contributed by atoms with Gasteiger partial charge in [-0.2, -0.15) is 13.3 Å². The van der Waals surface area contributed by atoms with Gasteiger partial charge in [0.1, 0.15) is 6.79 Å². The van der Waals surface area contributed by atoms with Crippen LogP contribution in [-0.2, 0) is 9.47 Å². The molecule has 0 aromatic carbocycles. The van der Waals surface area contributed by atoms with Crippen molar-refractivity contribution in [3.05, 3.63) is 6.42 Å². The molecule has 0 spiro atoms. The van der Waals surface area contributed by atoms with E-state index in [9.17, 15) is 0 Å². The van der Waals surface area contributed by atoms with E-state index >= 15 is 0 Å². The molecule has 0 bridgehead atoms. The zero-order valence-electron chi connectivity index (χ0n) is 7.22. The van der Waals surface area contributed by atoms with E-state index in [2.05, 4.69) is 18.1 Å². The van der Waals surface area contributed by atoms with Crippen molar-refractivity contribution in [2.75, 3.05) is 20.5 Å². The van der Waals surface area contributed by atoms with Gasteiger partial charge in [0.2, 0.25) is 0 Å². The second kappa shape index (κ2) is 12.2. The Morgan fingerprint density at radius 1 is 1.40 bits per heavy atom. The Bertz CT molecular complexity index is 44.9. The molecule has 0 fully saturated rings. The predicted molar refractivity (Wildman–Crippen MR) is 37.0 cm³/mol. The van der Waals surface area contributed by atoms with Gasteiger partial charge in [0, 0.05) is 13.7 Å². The Labute approximate surface area is 75.5 Å². The number of unbranched alkanes of at least 4 members (excludes halogenated alkanes) is 2. The molecule has 0 aliphatic heterocycles. The van der Waals surface area contributed by atoms with E-state index in [4.69, 9.17) is 4.74 Å². The summed E-state index contributed by atoms with van der Waals surface area (Å²) in [7, 11) is 1.63. The van der Waals surface area contributed by atoms with Crippen LogP contribution in [-0.4, -0.2) is 20.5 Å². The minimum Gasteiger partial charge on any atom is -0.359 e. The Balaban J connectivity index is 0. The molecule has 0 aromatic heterocycles. The van der Waals surface area contributed by atoms with Crippen LogP contribution in [0.1, 0.15) is 19.8 Å². The van der Waals surface area contributed by atoms with Gasteiger partial charge in [0.05, 0.1) is 0 Å². The zero-order valence-corrected chi connectivity index (χ0v) is 7.22. The van der Waals surface area contributed by atoms with Crippen LogP contribution in [0, 0.1) is 6.42 Å². The molecule has 3 heteroatoms. The van der Waals surface area contributed by atoms with Crippen molar-refractivity contribution >= 4 is 0 Å². The summed E-state index contributed by atoms with van der Waals surface area (Å²) in [6.07, 6.45) is 4.36. The molecule has 0 N–H and O–H groups in total. The first-order valence-corrected chi connectivity index (χ1v) is 3.26. The van der Waals surface area contributed by atoms with Gasteiger partial charge in [-0.15, -0.1) is 0 Å². The fourth-order valence-electron chi connectivity index (χ4n) is 0.532. The molecule has 0 rings (SSSR count). The summed E-state index contributed by atoms with van der Waals surface area (Å²) in [6, 6.07) is 0. The Kier molecular flexibility index (Phi) is 16.0. The zero-order chi connectivity index (χ0) is 6.95. The van der Waals surface area contributed by atoms with Crippen molar-refractivity contribution in [1.82, 2.24) is 0 Å². The topological polar surface area (TPSA) is 18.5 Å². The summed E-state index contributed by atoms with van der Waals surface area (Å²) in [5.41, 5.74) is 0. The summed E-state index contributed by atoms with van der Waals surface area (Å²) in [6.45, 7) is 3.28. The minimum atomic E-state index is 0. The molecule has 0 aromatic rings. The third-order valence-electron chi connectivity index (χ3n) is 0.983. The first-order chi connectivity index (χ1) is 4.41. The van der Waals surface area contributed by atoms with Crippen LogP contribution >= 0.6 is 0 Å². The van der Waals surface area contributed by atoms with Crippen LogP contribution in [0.3, 0.4) is 0 Å². The van der Waals surface area contributed by atoms with Crippen LogP contribution in [0.25, 0.3) is 0 Å². The molecular formula is C7H15LiO2. The summed E-state index contributed by atoms with van der Waals surface area (Å²) in [5, 5.41) is 0. The average Bonchev–Trinajstić information content (AvgIpc) is 1.89. The fourth-order valence-corrected chi connectivity index (χ4v) is 0.532. The maximum Gasteiger partial charge on any atom is 1.00 e. The third-order valence-corrected chi connectivity index (χ3v) is 0.983. The maximum atomic E-state index is 5.04. The van der Waals surface area contributed by atoms with E-state index in [-0.39, 0.29) is 18.9 Å². The molecule has 0 unspecified atom stereocenters. The summed E-state index contributed by atoms with van der Waals surface area (Å²) in [4.78, 5) is 0. The molecule has 0 heterocycles. The molecule has 0 amide bonds. The molecule has 0 saturated heterocycles. The number of hydrogen-bond donors (Lipinski definition) is 0. The first kappa shape index (κ1) is 13.1. The number of hydrogen-bond acceptors (Lipinski definition) is 2. The largest absolute Gasteiger partial charge is 1.00 e. The van der Waals surface area contributed by atoms with Crippen molar-refractivity contribution in [2.24, 2.45) is 0 Å². The molecule has 2 nitrogen and oxygen atoms in total. The second-order valence-corrected chi connectivity index (χ2v) is 1.87. The quantitative estimate of drug-likeness (QED) is 0.195. The fraction of sp³-hybridized carbons (Fsp3) is 0.857. The number of methoxy groups -OCH3 is 1. The third kappa shape index (κ3) is 11.3. The van der Waals surface area contributed by atoms with Crippen molar-refractivity contribution in [1.29, 1.82) is 0 Å². The van der Waals surface area contributed by atoms with Crippen LogP contribution < -0.4 is 18.9 Å². The van der Waals surface area contributed by atoms with E-state index in [1.807, 2.05) is 0 Å². The molecule has 56 valence electrons. The molecule has 10 heavy (non-hydrogen) atoms. The normalized spacial score (nSPS) is 9.00. The van der Waals surface area contributed by atoms with Crippen LogP contribution in [0.2, 0.25) is 0 Å². The molecule has 0 saturated carbocycles. The number of ether oxygens (including phenoxy) is 2. The second-order valence-electron chi connectivity index (χ2n) is 1.87. The standard InChI is InChI=1S/C7H15O2.Li/c1-3-4-5-6-9-7-8-2;/h3H,4-7H2,1-2H3;/q-1;+1. The van der Waals surface area contributed by atoms with E-state index in [1.165, 1.54) is 0 Å². The van der Waals surface area contributed by atoms with E-state index < -0.39 is 0 Å². The Hall–Kier alpha value is 0.517. The first-order valence-electron chi connectivity index (χ1n) is 3.26. The Morgan fingerprint density at radius 2 is 2.10 bits per heavy atom. The van der Waals surface area contributed by atoms with Crippen LogP contribution in [0.5, 0.6) is 0 Å². The van der Waals surface area contributed by atoms with Gasteiger partial charge in [0.25, 0.3) is 0 Å². The van der Waals surface area contributed by atoms with E-state index in [0.29, 0.717) is 6.79 Å². The van der Waals surface area contributed by atoms with Crippen molar-refractivity contribution < 1.29 is 28.3 Å². The number of rotatable bonds is 6. The van der Waals surface area contributed by atoms with Gasteiger partial charge in [0.15, 0.2) is 0 Å². The maximum absolute atomic E-state index is 5.04.